The monoisotopic (exact) mass is 416 g/mol. The summed E-state index contributed by atoms with van der Waals surface area (Å²) >= 11 is 0. The fourth-order valence-electron chi connectivity index (χ4n) is 3.58. The van der Waals surface area contributed by atoms with Crippen LogP contribution in [0.15, 0.2) is 72.8 Å². The van der Waals surface area contributed by atoms with E-state index in [1.807, 2.05) is 101 Å². The summed E-state index contributed by atoms with van der Waals surface area (Å²) in [7, 11) is 1.87. The van der Waals surface area contributed by atoms with Gasteiger partial charge in [-0.15, -0.1) is 0 Å². The number of anilines is 2. The Morgan fingerprint density at radius 1 is 0.839 bits per heavy atom. The zero-order valence-electron chi connectivity index (χ0n) is 18.5. The van der Waals surface area contributed by atoms with E-state index in [4.69, 9.17) is 0 Å². The summed E-state index contributed by atoms with van der Waals surface area (Å²) in [6.07, 6.45) is 0. The van der Waals surface area contributed by atoms with Gasteiger partial charge in [0.05, 0.1) is 7.05 Å². The predicted molar refractivity (Wildman–Crippen MR) is 125 cm³/mol. The number of benzene rings is 3. The van der Waals surface area contributed by atoms with Gasteiger partial charge in [-0.1, -0.05) is 60.2 Å². The topological polar surface area (TPSA) is 62.6 Å². The van der Waals surface area contributed by atoms with Crippen molar-refractivity contribution in [1.29, 1.82) is 0 Å². The molecule has 0 aromatic heterocycles. The second-order valence-electron chi connectivity index (χ2n) is 8.09. The lowest BCUT2D eigenvalue weighted by atomic mass is 10.0. The van der Waals surface area contributed by atoms with E-state index in [9.17, 15) is 9.59 Å². The van der Waals surface area contributed by atoms with Crippen molar-refractivity contribution in [3.63, 3.8) is 0 Å². The normalized spacial score (nSPS) is 12.6. The van der Waals surface area contributed by atoms with Crippen molar-refractivity contribution >= 4 is 23.2 Å². The van der Waals surface area contributed by atoms with Crippen molar-refractivity contribution in [2.75, 3.05) is 24.2 Å². The number of rotatable bonds is 7. The van der Waals surface area contributed by atoms with Gasteiger partial charge < -0.3 is 15.5 Å². The van der Waals surface area contributed by atoms with Crippen LogP contribution in [0, 0.1) is 20.8 Å². The van der Waals surface area contributed by atoms with Crippen LogP contribution >= 0.6 is 0 Å². The SMILES string of the molecule is Cc1ccc(NC(=O)[C@H](c2ccccc2)[NH+](C)CC(=O)Nc2cc(C)ccc2C)cc1. The van der Waals surface area contributed by atoms with Gasteiger partial charge in [0.2, 0.25) is 0 Å². The van der Waals surface area contributed by atoms with Crippen molar-refractivity contribution in [3.05, 3.63) is 95.1 Å². The van der Waals surface area contributed by atoms with Crippen molar-refractivity contribution in [2.24, 2.45) is 0 Å². The molecule has 3 rings (SSSR count). The third-order valence-corrected chi connectivity index (χ3v) is 5.31. The van der Waals surface area contributed by atoms with Crippen LogP contribution in [0.2, 0.25) is 0 Å². The Bertz CT molecular complexity index is 1050. The summed E-state index contributed by atoms with van der Waals surface area (Å²) in [5, 5.41) is 5.99. The van der Waals surface area contributed by atoms with Crippen molar-refractivity contribution in [1.82, 2.24) is 0 Å². The first-order valence-electron chi connectivity index (χ1n) is 10.5. The Hall–Kier alpha value is -3.44. The molecule has 0 radical (unpaired) electrons. The molecule has 0 aliphatic carbocycles. The highest BCUT2D eigenvalue weighted by molar-refractivity contribution is 5.95. The summed E-state index contributed by atoms with van der Waals surface area (Å²) in [5.41, 5.74) is 5.63. The Balaban J connectivity index is 1.76. The van der Waals surface area contributed by atoms with E-state index in [2.05, 4.69) is 10.6 Å². The minimum Gasteiger partial charge on any atom is -0.321 e. The van der Waals surface area contributed by atoms with Crippen LogP contribution in [0.25, 0.3) is 0 Å². The molecule has 3 aromatic carbocycles. The maximum absolute atomic E-state index is 13.2. The van der Waals surface area contributed by atoms with Gasteiger partial charge in [-0.25, -0.2) is 0 Å². The summed E-state index contributed by atoms with van der Waals surface area (Å²) in [5.74, 6) is -0.276. The number of aryl methyl sites for hydroxylation is 3. The van der Waals surface area contributed by atoms with Gasteiger partial charge in [0.15, 0.2) is 12.6 Å². The molecule has 3 aromatic rings. The molecule has 0 saturated heterocycles. The Morgan fingerprint density at radius 3 is 2.16 bits per heavy atom. The quantitative estimate of drug-likeness (QED) is 0.553. The van der Waals surface area contributed by atoms with E-state index < -0.39 is 6.04 Å². The molecule has 0 aliphatic rings. The van der Waals surface area contributed by atoms with Gasteiger partial charge in [0.1, 0.15) is 0 Å². The number of hydrogen-bond acceptors (Lipinski definition) is 2. The molecular formula is C26H30N3O2+. The number of amides is 2. The van der Waals surface area contributed by atoms with E-state index in [0.29, 0.717) is 0 Å². The van der Waals surface area contributed by atoms with Crippen LogP contribution in [-0.2, 0) is 9.59 Å². The predicted octanol–water partition coefficient (Wildman–Crippen LogP) is 3.45. The largest absolute Gasteiger partial charge is 0.321 e. The first-order valence-corrected chi connectivity index (χ1v) is 10.5. The number of hydrogen-bond donors (Lipinski definition) is 3. The Kier molecular flexibility index (Phi) is 7.21. The lowest BCUT2D eigenvalue weighted by Gasteiger charge is -2.24. The summed E-state index contributed by atoms with van der Waals surface area (Å²) in [6, 6.07) is 22.7. The van der Waals surface area contributed by atoms with Crippen LogP contribution in [0.4, 0.5) is 11.4 Å². The first-order chi connectivity index (χ1) is 14.8. The molecule has 5 heteroatoms. The molecular weight excluding hydrogens is 386 g/mol. The Labute approximate surface area is 184 Å². The molecule has 0 heterocycles. The molecule has 5 nitrogen and oxygen atoms in total. The third-order valence-electron chi connectivity index (χ3n) is 5.31. The van der Waals surface area contributed by atoms with Crippen LogP contribution in [0.1, 0.15) is 28.3 Å². The van der Waals surface area contributed by atoms with E-state index in [1.54, 1.807) is 0 Å². The average molecular weight is 417 g/mol. The van der Waals surface area contributed by atoms with Gasteiger partial charge in [-0.3, -0.25) is 9.59 Å². The van der Waals surface area contributed by atoms with E-state index in [-0.39, 0.29) is 18.4 Å². The molecule has 2 atom stereocenters. The second kappa shape index (κ2) is 10.0. The minimum atomic E-state index is -0.521. The van der Waals surface area contributed by atoms with E-state index >= 15 is 0 Å². The smallest absolute Gasteiger partial charge is 0.287 e. The summed E-state index contributed by atoms with van der Waals surface area (Å²) in [6.45, 7) is 6.12. The number of carbonyl (C=O) groups is 2. The highest BCUT2D eigenvalue weighted by atomic mass is 16.2. The molecule has 31 heavy (non-hydrogen) atoms. The van der Waals surface area contributed by atoms with Gasteiger partial charge in [-0.05, 0) is 50.1 Å². The zero-order chi connectivity index (χ0) is 22.4. The standard InChI is InChI=1S/C26H29N3O2/c1-18-11-14-22(15-12-18)27-26(31)25(21-8-6-5-7-9-21)29(4)17-24(30)28-23-16-19(2)10-13-20(23)3/h5-16,25H,17H2,1-4H3,(H,27,31)(H,28,30)/p+1/t25-/m0/s1. The zero-order valence-corrected chi connectivity index (χ0v) is 18.5. The van der Waals surface area contributed by atoms with Crippen molar-refractivity contribution < 1.29 is 14.5 Å². The second-order valence-corrected chi connectivity index (χ2v) is 8.09. The van der Waals surface area contributed by atoms with Crippen LogP contribution in [-0.4, -0.2) is 25.4 Å². The molecule has 0 saturated carbocycles. The molecule has 0 aliphatic heterocycles. The third kappa shape index (κ3) is 6.03. The van der Waals surface area contributed by atoms with Gasteiger partial charge in [-0.2, -0.15) is 0 Å². The molecule has 2 amide bonds. The highest BCUT2D eigenvalue weighted by Gasteiger charge is 2.30. The Morgan fingerprint density at radius 2 is 1.48 bits per heavy atom. The number of nitrogens with one attached hydrogen (secondary N) is 3. The molecule has 0 spiro atoms. The summed E-state index contributed by atoms with van der Waals surface area (Å²) < 4.78 is 0. The van der Waals surface area contributed by atoms with Crippen LogP contribution in [0.5, 0.6) is 0 Å². The summed E-state index contributed by atoms with van der Waals surface area (Å²) in [4.78, 5) is 26.8. The average Bonchev–Trinajstić information content (AvgIpc) is 2.73. The van der Waals surface area contributed by atoms with Gasteiger partial charge in [0, 0.05) is 16.9 Å². The number of quaternary nitrogens is 1. The van der Waals surface area contributed by atoms with E-state index in [0.717, 1.165) is 38.5 Å². The fraction of sp³-hybridized carbons (Fsp3) is 0.231. The molecule has 1 unspecified atom stereocenters. The minimum absolute atomic E-state index is 0.129. The first kappa shape index (κ1) is 22.2. The lowest BCUT2D eigenvalue weighted by Crippen LogP contribution is -3.11. The van der Waals surface area contributed by atoms with Crippen molar-refractivity contribution in [3.8, 4) is 0 Å². The van der Waals surface area contributed by atoms with Gasteiger partial charge >= 0.3 is 0 Å². The maximum atomic E-state index is 13.2. The fourth-order valence-corrected chi connectivity index (χ4v) is 3.58. The lowest BCUT2D eigenvalue weighted by molar-refractivity contribution is -0.893. The molecule has 0 fully saturated rings. The number of carbonyl (C=O) groups excluding carboxylic acids is 2. The van der Waals surface area contributed by atoms with Crippen LogP contribution < -0.4 is 15.5 Å². The molecule has 160 valence electrons. The highest BCUT2D eigenvalue weighted by Crippen LogP contribution is 2.17. The molecule has 3 N–H and O–H groups in total. The van der Waals surface area contributed by atoms with Crippen LogP contribution in [0.3, 0.4) is 0 Å². The molecule has 0 bridgehead atoms. The van der Waals surface area contributed by atoms with E-state index in [1.165, 1.54) is 0 Å². The maximum Gasteiger partial charge on any atom is 0.287 e. The number of likely N-dealkylation sites (N-methyl/N-ethyl adjacent to an activating group) is 1. The van der Waals surface area contributed by atoms with Crippen molar-refractivity contribution in [2.45, 2.75) is 26.8 Å². The van der Waals surface area contributed by atoms with Gasteiger partial charge in [0.25, 0.3) is 11.8 Å².